The smallest absolute Gasteiger partial charge is 0.123 e. The Kier molecular flexibility index (Phi) is 4.47. The maximum atomic E-state index is 4.85. The predicted molar refractivity (Wildman–Crippen MR) is 111 cm³/mol. The Hall–Kier alpha value is -2.50. The van der Waals surface area contributed by atoms with Crippen molar-refractivity contribution in [3.8, 4) is 10.6 Å². The standard InChI is InChI=1S/C22H22N4S/c1-2-6-21-20(5-1)23-16-26(21)13-17-7-9-18(10-8-17)22-24-19(15-27-22)14-25-11-3-4-12-25/h1-2,5-10,15-16H,3-4,11-14H2. The van der Waals surface area contributed by atoms with Crippen LogP contribution in [0.25, 0.3) is 21.6 Å². The molecule has 4 nitrogen and oxygen atoms in total. The minimum absolute atomic E-state index is 0.832. The summed E-state index contributed by atoms with van der Waals surface area (Å²) in [4.78, 5) is 11.8. The van der Waals surface area contributed by atoms with Gasteiger partial charge in [0.1, 0.15) is 5.01 Å². The van der Waals surface area contributed by atoms with Crippen LogP contribution < -0.4 is 0 Å². The topological polar surface area (TPSA) is 34.0 Å². The Morgan fingerprint density at radius 2 is 1.74 bits per heavy atom. The number of aromatic nitrogens is 3. The highest BCUT2D eigenvalue weighted by Crippen LogP contribution is 2.25. The van der Waals surface area contributed by atoms with Crippen LogP contribution >= 0.6 is 11.3 Å². The van der Waals surface area contributed by atoms with Gasteiger partial charge in [-0.3, -0.25) is 4.90 Å². The lowest BCUT2D eigenvalue weighted by atomic mass is 10.1. The van der Waals surface area contributed by atoms with E-state index in [4.69, 9.17) is 4.98 Å². The molecule has 5 heteroatoms. The molecule has 0 radical (unpaired) electrons. The summed E-state index contributed by atoms with van der Waals surface area (Å²) >= 11 is 1.75. The van der Waals surface area contributed by atoms with Gasteiger partial charge in [-0.2, -0.15) is 0 Å². The van der Waals surface area contributed by atoms with Gasteiger partial charge in [-0.05, 0) is 43.6 Å². The monoisotopic (exact) mass is 374 g/mol. The number of thiazole rings is 1. The Balaban J connectivity index is 1.31. The van der Waals surface area contributed by atoms with Crippen molar-refractivity contribution >= 4 is 22.4 Å². The number of para-hydroxylation sites is 2. The van der Waals surface area contributed by atoms with Crippen molar-refractivity contribution in [2.75, 3.05) is 13.1 Å². The molecule has 0 atom stereocenters. The van der Waals surface area contributed by atoms with Crippen molar-refractivity contribution < 1.29 is 0 Å². The first kappa shape index (κ1) is 16.7. The van der Waals surface area contributed by atoms with E-state index in [0.717, 1.165) is 23.6 Å². The van der Waals surface area contributed by atoms with Crippen molar-refractivity contribution in [3.63, 3.8) is 0 Å². The summed E-state index contributed by atoms with van der Waals surface area (Å²) in [7, 11) is 0. The van der Waals surface area contributed by atoms with E-state index < -0.39 is 0 Å². The molecule has 2 aromatic heterocycles. The van der Waals surface area contributed by atoms with Gasteiger partial charge in [-0.1, -0.05) is 36.4 Å². The first-order valence-electron chi connectivity index (χ1n) is 9.51. The Labute approximate surface area is 163 Å². The van der Waals surface area contributed by atoms with Gasteiger partial charge in [-0.25, -0.2) is 9.97 Å². The largest absolute Gasteiger partial charge is 0.326 e. The van der Waals surface area contributed by atoms with Gasteiger partial charge in [0.25, 0.3) is 0 Å². The number of rotatable bonds is 5. The highest BCUT2D eigenvalue weighted by atomic mass is 32.1. The van der Waals surface area contributed by atoms with Gasteiger partial charge < -0.3 is 4.57 Å². The van der Waals surface area contributed by atoms with Crippen LogP contribution in [-0.4, -0.2) is 32.5 Å². The molecule has 136 valence electrons. The fraction of sp³-hybridized carbons (Fsp3) is 0.273. The summed E-state index contributed by atoms with van der Waals surface area (Å²) in [5, 5.41) is 3.32. The Morgan fingerprint density at radius 1 is 0.926 bits per heavy atom. The van der Waals surface area contributed by atoms with Crippen molar-refractivity contribution in [3.05, 3.63) is 71.5 Å². The third kappa shape index (κ3) is 3.53. The highest BCUT2D eigenvalue weighted by Gasteiger charge is 2.14. The molecular formula is C22H22N4S. The number of likely N-dealkylation sites (tertiary alicyclic amines) is 1. The Morgan fingerprint density at radius 3 is 2.59 bits per heavy atom. The molecule has 5 rings (SSSR count). The quantitative estimate of drug-likeness (QED) is 0.503. The second-order valence-corrected chi connectivity index (χ2v) is 8.04. The Bertz CT molecular complexity index is 1040. The van der Waals surface area contributed by atoms with Gasteiger partial charge in [-0.15, -0.1) is 11.3 Å². The molecule has 3 heterocycles. The second kappa shape index (κ2) is 7.25. The molecular weight excluding hydrogens is 352 g/mol. The van der Waals surface area contributed by atoms with Gasteiger partial charge in [0.05, 0.1) is 23.1 Å². The summed E-state index contributed by atoms with van der Waals surface area (Å²) in [6.07, 6.45) is 4.57. The third-order valence-electron chi connectivity index (χ3n) is 5.22. The van der Waals surface area contributed by atoms with Crippen LogP contribution in [0.5, 0.6) is 0 Å². The predicted octanol–water partition coefficient (Wildman–Crippen LogP) is 4.80. The van der Waals surface area contributed by atoms with E-state index in [0.29, 0.717) is 0 Å². The summed E-state index contributed by atoms with van der Waals surface area (Å²) in [6.45, 7) is 4.25. The molecule has 4 aromatic rings. The van der Waals surface area contributed by atoms with Crippen molar-refractivity contribution in [1.82, 2.24) is 19.4 Å². The lowest BCUT2D eigenvalue weighted by Gasteiger charge is -2.11. The fourth-order valence-corrected chi connectivity index (χ4v) is 4.58. The molecule has 0 unspecified atom stereocenters. The number of benzene rings is 2. The van der Waals surface area contributed by atoms with Crippen molar-refractivity contribution in [1.29, 1.82) is 0 Å². The summed E-state index contributed by atoms with van der Waals surface area (Å²) in [5.41, 5.74) is 5.89. The summed E-state index contributed by atoms with van der Waals surface area (Å²) in [5.74, 6) is 0. The lowest BCUT2D eigenvalue weighted by molar-refractivity contribution is 0.328. The zero-order valence-corrected chi connectivity index (χ0v) is 16.0. The van der Waals surface area contributed by atoms with E-state index in [1.54, 1.807) is 11.3 Å². The molecule has 0 spiro atoms. The lowest BCUT2D eigenvalue weighted by Crippen LogP contribution is -2.18. The third-order valence-corrected chi connectivity index (χ3v) is 6.16. The molecule has 1 aliphatic heterocycles. The van der Waals surface area contributed by atoms with E-state index in [-0.39, 0.29) is 0 Å². The second-order valence-electron chi connectivity index (χ2n) is 7.19. The molecule has 0 N–H and O–H groups in total. The number of hydrogen-bond donors (Lipinski definition) is 0. The van der Waals surface area contributed by atoms with Crippen LogP contribution in [-0.2, 0) is 13.1 Å². The van der Waals surface area contributed by atoms with Crippen LogP contribution in [0, 0.1) is 0 Å². The van der Waals surface area contributed by atoms with E-state index in [2.05, 4.69) is 62.3 Å². The summed E-state index contributed by atoms with van der Waals surface area (Å²) in [6, 6.07) is 17.0. The molecule has 0 saturated carbocycles. The SMILES string of the molecule is c1ccc2c(c1)ncn2Cc1ccc(-c2nc(CN3CCCC3)cs2)cc1. The fourth-order valence-electron chi connectivity index (χ4n) is 3.77. The van der Waals surface area contributed by atoms with Crippen LogP contribution in [0.3, 0.4) is 0 Å². The molecule has 1 fully saturated rings. The van der Waals surface area contributed by atoms with Gasteiger partial charge in [0, 0.05) is 24.0 Å². The number of fused-ring (bicyclic) bond motifs is 1. The average Bonchev–Trinajstić information content (AvgIpc) is 3.45. The van der Waals surface area contributed by atoms with Crippen LogP contribution in [0.4, 0.5) is 0 Å². The summed E-state index contributed by atoms with van der Waals surface area (Å²) < 4.78 is 2.20. The average molecular weight is 375 g/mol. The molecule has 2 aromatic carbocycles. The molecule has 1 saturated heterocycles. The highest BCUT2D eigenvalue weighted by molar-refractivity contribution is 7.13. The van der Waals surface area contributed by atoms with Crippen molar-refractivity contribution in [2.45, 2.75) is 25.9 Å². The normalized spacial score (nSPS) is 15.0. The number of hydrogen-bond acceptors (Lipinski definition) is 4. The first-order valence-corrected chi connectivity index (χ1v) is 10.4. The van der Waals surface area contributed by atoms with Crippen LogP contribution in [0.15, 0.2) is 60.2 Å². The molecule has 1 aliphatic rings. The molecule has 0 aliphatic carbocycles. The zero-order chi connectivity index (χ0) is 18.1. The van der Waals surface area contributed by atoms with E-state index in [1.807, 2.05) is 12.4 Å². The number of nitrogens with zero attached hydrogens (tertiary/aromatic N) is 4. The molecule has 0 amide bonds. The zero-order valence-electron chi connectivity index (χ0n) is 15.2. The molecule has 0 bridgehead atoms. The maximum absolute atomic E-state index is 4.85. The minimum Gasteiger partial charge on any atom is -0.326 e. The first-order chi connectivity index (χ1) is 13.3. The van der Waals surface area contributed by atoms with Gasteiger partial charge in [0.2, 0.25) is 0 Å². The van der Waals surface area contributed by atoms with Crippen LogP contribution in [0.1, 0.15) is 24.1 Å². The van der Waals surface area contributed by atoms with Gasteiger partial charge in [0.15, 0.2) is 0 Å². The maximum Gasteiger partial charge on any atom is 0.123 e. The minimum atomic E-state index is 0.832. The van der Waals surface area contributed by atoms with E-state index in [9.17, 15) is 0 Å². The number of imidazole rings is 1. The van der Waals surface area contributed by atoms with Crippen LogP contribution in [0.2, 0.25) is 0 Å². The van der Waals surface area contributed by atoms with E-state index in [1.165, 1.54) is 48.3 Å². The van der Waals surface area contributed by atoms with Crippen molar-refractivity contribution in [2.24, 2.45) is 0 Å². The van der Waals surface area contributed by atoms with E-state index >= 15 is 0 Å². The van der Waals surface area contributed by atoms with Gasteiger partial charge >= 0.3 is 0 Å². The molecule has 27 heavy (non-hydrogen) atoms.